The normalized spacial score (nSPS) is 13.4. The van der Waals surface area contributed by atoms with Gasteiger partial charge in [-0.15, -0.1) is 0 Å². The van der Waals surface area contributed by atoms with Crippen LogP contribution in [0.5, 0.6) is 5.75 Å². The number of carbonyl (C=O) groups excluding carboxylic acids is 2. The van der Waals surface area contributed by atoms with Gasteiger partial charge in [-0.2, -0.15) is 0 Å². The van der Waals surface area contributed by atoms with Crippen LogP contribution in [0.1, 0.15) is 28.4 Å². The van der Waals surface area contributed by atoms with Crippen LogP contribution in [0.25, 0.3) is 11.1 Å². The predicted octanol–water partition coefficient (Wildman–Crippen LogP) is 3.46. The van der Waals surface area contributed by atoms with Crippen LogP contribution < -0.4 is 10.1 Å². The highest BCUT2D eigenvalue weighted by atomic mass is 32.2. The molecular weight excluding hydrogens is 473 g/mol. The molecule has 1 aliphatic rings. The zero-order valence-corrected chi connectivity index (χ0v) is 20.1. The van der Waals surface area contributed by atoms with Gasteiger partial charge in [0.2, 0.25) is 6.41 Å². The van der Waals surface area contributed by atoms with Crippen molar-refractivity contribution in [1.29, 1.82) is 0 Å². The average molecular weight is 498 g/mol. The van der Waals surface area contributed by atoms with Crippen LogP contribution in [0.2, 0.25) is 0 Å². The predicted molar refractivity (Wildman–Crippen MR) is 128 cm³/mol. The highest BCUT2D eigenvalue weighted by Crippen LogP contribution is 2.31. The number of sulfone groups is 1. The molecule has 0 bridgehead atoms. The number of hydrogen-bond acceptors (Lipinski definition) is 6. The Balaban J connectivity index is 1.65. The molecule has 1 aromatic heterocycles. The Hall–Kier alpha value is -3.79. The largest absolute Gasteiger partial charge is 0.491 e. The van der Waals surface area contributed by atoms with Gasteiger partial charge in [-0.05, 0) is 48.4 Å². The molecule has 8 nitrogen and oxygen atoms in total. The van der Waals surface area contributed by atoms with Crippen LogP contribution in [-0.4, -0.2) is 50.0 Å². The number of halogens is 1. The fourth-order valence-electron chi connectivity index (χ4n) is 4.06. The lowest BCUT2D eigenvalue weighted by atomic mass is 10.0. The number of benzene rings is 2. The van der Waals surface area contributed by atoms with Crippen LogP contribution in [0.4, 0.5) is 10.2 Å². The molecule has 0 unspecified atom stereocenters. The Kier molecular flexibility index (Phi) is 6.83. The maximum absolute atomic E-state index is 15.0. The van der Waals surface area contributed by atoms with Gasteiger partial charge in [-0.3, -0.25) is 9.59 Å². The van der Waals surface area contributed by atoms with Crippen LogP contribution in [-0.2, 0) is 27.6 Å². The highest BCUT2D eigenvalue weighted by Gasteiger charge is 2.27. The topological polar surface area (TPSA) is 106 Å². The van der Waals surface area contributed by atoms with Gasteiger partial charge in [-0.25, -0.2) is 17.8 Å². The van der Waals surface area contributed by atoms with Crippen molar-refractivity contribution < 1.29 is 27.1 Å². The molecule has 1 aliphatic heterocycles. The van der Waals surface area contributed by atoms with Gasteiger partial charge < -0.3 is 15.0 Å². The summed E-state index contributed by atoms with van der Waals surface area (Å²) in [6.45, 7) is 2.46. The maximum Gasteiger partial charge on any atom is 0.254 e. The van der Waals surface area contributed by atoms with Crippen molar-refractivity contribution in [3.05, 3.63) is 71.2 Å². The lowest BCUT2D eigenvalue weighted by Gasteiger charge is -2.22. The van der Waals surface area contributed by atoms with Crippen LogP contribution in [0.15, 0.2) is 53.6 Å². The van der Waals surface area contributed by atoms with E-state index in [9.17, 15) is 22.4 Å². The molecule has 2 aromatic carbocycles. The third-order valence-electron chi connectivity index (χ3n) is 5.82. The minimum Gasteiger partial charge on any atom is -0.491 e. The number of nitrogens with one attached hydrogen (secondary N) is 1. The van der Waals surface area contributed by atoms with E-state index in [4.69, 9.17) is 4.74 Å². The zero-order chi connectivity index (χ0) is 25.2. The van der Waals surface area contributed by atoms with Crippen LogP contribution >= 0.6 is 0 Å². The third kappa shape index (κ3) is 5.02. The van der Waals surface area contributed by atoms with E-state index in [0.717, 1.165) is 29.0 Å². The SMILES string of the molecule is CCc1c(C(=O)N2CCOc3ccc(-c4ccc(NC=O)nc4)cc3C2)ccc(S(C)(=O)=O)c1F. The van der Waals surface area contributed by atoms with Crippen molar-refractivity contribution in [2.45, 2.75) is 24.8 Å². The monoisotopic (exact) mass is 497 g/mol. The molecule has 2 heterocycles. The van der Waals surface area contributed by atoms with E-state index in [1.54, 1.807) is 24.1 Å². The molecule has 0 saturated heterocycles. The Morgan fingerprint density at radius 3 is 2.63 bits per heavy atom. The number of hydrogen-bond donors (Lipinski definition) is 1. The van der Waals surface area contributed by atoms with Crippen LogP contribution in [0, 0.1) is 5.82 Å². The van der Waals surface area contributed by atoms with Crippen molar-refractivity contribution >= 4 is 28.0 Å². The van der Waals surface area contributed by atoms with Crippen molar-refractivity contribution in [3.63, 3.8) is 0 Å². The summed E-state index contributed by atoms with van der Waals surface area (Å²) in [5.41, 5.74) is 2.66. The van der Waals surface area contributed by atoms with E-state index < -0.39 is 26.5 Å². The standard InChI is InChI=1S/C25H24FN3O5S/c1-3-19-20(6-8-22(24(19)26)35(2,32)33)25(31)29-10-11-34-21-7-4-16(12-18(21)14-29)17-5-9-23(27-13-17)28-15-30/h4-9,12-13,15H,3,10-11,14H2,1-2H3,(H,27,28,30). The van der Waals surface area contributed by atoms with Crippen molar-refractivity contribution in [1.82, 2.24) is 9.88 Å². The molecule has 4 rings (SSSR count). The van der Waals surface area contributed by atoms with Gasteiger partial charge in [0.1, 0.15) is 28.9 Å². The fraction of sp³-hybridized carbons (Fsp3) is 0.240. The molecule has 10 heteroatoms. The number of rotatable bonds is 6. The summed E-state index contributed by atoms with van der Waals surface area (Å²) in [5.74, 6) is -0.201. The second kappa shape index (κ2) is 9.83. The first-order chi connectivity index (χ1) is 16.7. The molecule has 3 aromatic rings. The van der Waals surface area contributed by atoms with Crippen molar-refractivity contribution in [2.75, 3.05) is 24.7 Å². The van der Waals surface area contributed by atoms with Gasteiger partial charge in [0.25, 0.3) is 5.91 Å². The molecule has 0 saturated carbocycles. The van der Waals surface area contributed by atoms with E-state index in [1.165, 1.54) is 6.07 Å². The Morgan fingerprint density at radius 2 is 1.97 bits per heavy atom. The molecule has 35 heavy (non-hydrogen) atoms. The van der Waals surface area contributed by atoms with Gasteiger partial charge in [0, 0.05) is 41.3 Å². The highest BCUT2D eigenvalue weighted by molar-refractivity contribution is 7.90. The average Bonchev–Trinajstić information content (AvgIpc) is 3.05. The van der Waals surface area contributed by atoms with Crippen molar-refractivity contribution in [3.8, 4) is 16.9 Å². The number of carbonyl (C=O) groups is 2. The zero-order valence-electron chi connectivity index (χ0n) is 19.2. The van der Waals surface area contributed by atoms with E-state index >= 15 is 0 Å². The number of fused-ring (bicyclic) bond motifs is 1. The summed E-state index contributed by atoms with van der Waals surface area (Å²) in [7, 11) is -3.76. The summed E-state index contributed by atoms with van der Waals surface area (Å²) in [6, 6.07) is 11.6. The first kappa shape index (κ1) is 24.3. The second-order valence-electron chi connectivity index (χ2n) is 8.12. The lowest BCUT2D eigenvalue weighted by Crippen LogP contribution is -2.33. The molecular formula is C25H24FN3O5S. The smallest absolute Gasteiger partial charge is 0.254 e. The molecule has 0 spiro atoms. The minimum atomic E-state index is -3.76. The molecule has 0 radical (unpaired) electrons. The molecule has 0 atom stereocenters. The quantitative estimate of drug-likeness (QED) is 0.523. The van der Waals surface area contributed by atoms with Gasteiger partial charge in [0.05, 0.1) is 6.54 Å². The summed E-state index contributed by atoms with van der Waals surface area (Å²) in [5, 5.41) is 2.49. The summed E-state index contributed by atoms with van der Waals surface area (Å²) in [4.78, 5) is 29.4. The summed E-state index contributed by atoms with van der Waals surface area (Å²) < 4.78 is 44.7. The molecule has 182 valence electrons. The molecule has 1 N–H and O–H groups in total. The number of pyridine rings is 1. The Morgan fingerprint density at radius 1 is 1.20 bits per heavy atom. The first-order valence-corrected chi connectivity index (χ1v) is 12.8. The lowest BCUT2D eigenvalue weighted by molar-refractivity contribution is -0.105. The van der Waals surface area contributed by atoms with E-state index in [-0.39, 0.29) is 37.2 Å². The van der Waals surface area contributed by atoms with Crippen molar-refractivity contribution in [2.24, 2.45) is 0 Å². The Bertz CT molecular complexity index is 1390. The number of amides is 2. The minimum absolute atomic E-state index is 0.0761. The Labute approximate surface area is 202 Å². The third-order valence-corrected chi connectivity index (χ3v) is 6.94. The molecule has 0 fully saturated rings. The fourth-order valence-corrected chi connectivity index (χ4v) is 4.82. The summed E-state index contributed by atoms with van der Waals surface area (Å²) >= 11 is 0. The number of ether oxygens (including phenoxy) is 1. The summed E-state index contributed by atoms with van der Waals surface area (Å²) in [6.07, 6.45) is 3.30. The van der Waals surface area contributed by atoms with Gasteiger partial charge in [0.15, 0.2) is 9.84 Å². The molecule has 0 aliphatic carbocycles. The number of aromatic nitrogens is 1. The van der Waals surface area contributed by atoms with E-state index in [0.29, 0.717) is 18.0 Å². The van der Waals surface area contributed by atoms with Gasteiger partial charge in [-0.1, -0.05) is 13.0 Å². The molecule has 2 amide bonds. The van der Waals surface area contributed by atoms with Gasteiger partial charge >= 0.3 is 0 Å². The number of anilines is 1. The second-order valence-corrected chi connectivity index (χ2v) is 10.1. The van der Waals surface area contributed by atoms with E-state index in [1.807, 2.05) is 24.3 Å². The maximum atomic E-state index is 15.0. The van der Waals surface area contributed by atoms with Crippen LogP contribution in [0.3, 0.4) is 0 Å². The van der Waals surface area contributed by atoms with E-state index in [2.05, 4.69) is 10.3 Å². The number of nitrogens with zero attached hydrogens (tertiary/aromatic N) is 2. The first-order valence-electron chi connectivity index (χ1n) is 11.0.